The normalized spacial score (nSPS) is 13.8. The van der Waals surface area contributed by atoms with Crippen LogP contribution in [0.15, 0.2) is 115 Å². The van der Waals surface area contributed by atoms with Crippen molar-refractivity contribution in [1.29, 1.82) is 0 Å². The number of phenols is 3. The maximum absolute atomic E-state index is 12.8. The summed E-state index contributed by atoms with van der Waals surface area (Å²) < 4.78 is 255. The Morgan fingerprint density at radius 1 is 0.362 bits per heavy atom. The molecule has 0 saturated carbocycles. The summed E-state index contributed by atoms with van der Waals surface area (Å²) in [5, 5.41) is 53.8. The van der Waals surface area contributed by atoms with Crippen molar-refractivity contribution in [2.24, 2.45) is 30.7 Å². The molecule has 0 aliphatic heterocycles. The molecule has 4 rings (SSSR count). The van der Waals surface area contributed by atoms with Crippen molar-refractivity contribution < 1.29 is 118 Å². The second-order valence-corrected chi connectivity index (χ2v) is 24.6. The second kappa shape index (κ2) is 20.0. The van der Waals surface area contributed by atoms with Crippen LogP contribution in [-0.2, 0) is 89.3 Å². The first-order chi connectivity index (χ1) is 31.2. The highest BCUT2D eigenvalue weighted by atomic mass is 32.3. The van der Waals surface area contributed by atoms with Crippen molar-refractivity contribution in [2.45, 2.75) is 29.4 Å². The van der Waals surface area contributed by atoms with E-state index in [1.54, 1.807) is 0 Å². The van der Waals surface area contributed by atoms with E-state index in [2.05, 4.69) is 39.1 Å². The van der Waals surface area contributed by atoms with Gasteiger partial charge in [-0.1, -0.05) is 0 Å². The van der Waals surface area contributed by atoms with Gasteiger partial charge in [0, 0.05) is 0 Å². The summed E-state index contributed by atoms with van der Waals surface area (Å²) >= 11 is 0. The summed E-state index contributed by atoms with van der Waals surface area (Å²) in [6.45, 7) is -2.40. The standard InChI is InChI=1S/C28H26N6O27S8/c35-26-23(32-29-17-4-1-14(12-21(17)66(48,49)50)62(38,39)9-7-60-68(54,55)56)27(36)25(34-31-19-11-16(64(42,43)44)3-6-20(19)65(45,46)47)28(37)24(26)33-30-18-5-2-15(13-22(18)67(51,52)53)63(40,41)10-8-61-69(57,58)59/h1-6,11-13,35-37H,7-10H2,(H,42,43,44)(H,45,46,47)(H,48,49,50)(H,51,52,53)(H,54,55,56)(H,57,58,59)/b32-29+,33-30+,34-31+. The number of benzene rings is 4. The van der Waals surface area contributed by atoms with Crippen LogP contribution in [0.1, 0.15) is 0 Å². The van der Waals surface area contributed by atoms with Gasteiger partial charge in [0.15, 0.2) is 54.0 Å². The lowest BCUT2D eigenvalue weighted by Gasteiger charge is -2.11. The van der Waals surface area contributed by atoms with Crippen molar-refractivity contribution in [3.05, 3.63) is 54.6 Å². The molecule has 0 heterocycles. The van der Waals surface area contributed by atoms with Crippen molar-refractivity contribution in [2.75, 3.05) is 24.7 Å². The van der Waals surface area contributed by atoms with Gasteiger partial charge in [-0.25, -0.2) is 25.2 Å². The number of hydrogen-bond donors (Lipinski definition) is 9. The summed E-state index contributed by atoms with van der Waals surface area (Å²) in [4.78, 5) is -7.09. The zero-order chi connectivity index (χ0) is 52.5. The SMILES string of the molecule is O=S(=O)(O)OCCS(=O)(=O)c1ccc(/N=N/c2c(O)c(/N=N/c3cc(S(=O)(=O)O)ccc3S(=O)(=O)O)c(O)c(/N=N/c3ccc(S(=O)(=O)CCOS(=O)(=O)O)cc3S(=O)(=O)O)c2O)c(S(=O)(=O)O)c1. The zero-order valence-corrected chi connectivity index (χ0v) is 39.4. The number of sulfone groups is 2. The van der Waals surface area contributed by atoms with Gasteiger partial charge in [0.25, 0.3) is 40.5 Å². The number of rotatable bonds is 20. The highest BCUT2D eigenvalue weighted by molar-refractivity contribution is 7.92. The Balaban J connectivity index is 2.01. The topological polar surface area (TPSA) is 548 Å². The van der Waals surface area contributed by atoms with Gasteiger partial charge in [-0.15, -0.1) is 30.7 Å². The van der Waals surface area contributed by atoms with Gasteiger partial charge in [-0.05, 0) is 54.6 Å². The Morgan fingerprint density at radius 2 is 0.681 bits per heavy atom. The third kappa shape index (κ3) is 14.7. The van der Waals surface area contributed by atoms with E-state index in [1.807, 2.05) is 0 Å². The van der Waals surface area contributed by atoms with Crippen molar-refractivity contribution in [1.82, 2.24) is 0 Å². The number of nitrogens with zero attached hydrogens (tertiary/aromatic N) is 6. The summed E-state index contributed by atoms with van der Waals surface area (Å²) in [5.74, 6) is -7.33. The van der Waals surface area contributed by atoms with Gasteiger partial charge in [-0.2, -0.15) is 50.5 Å². The fourth-order valence-corrected chi connectivity index (χ4v) is 10.5. The molecule has 33 nitrogen and oxygen atoms in total. The fourth-order valence-electron chi connectivity index (χ4n) is 4.91. The van der Waals surface area contributed by atoms with E-state index in [0.29, 0.717) is 36.4 Å². The molecular weight excluding hydrogens is 1110 g/mol. The van der Waals surface area contributed by atoms with Crippen LogP contribution in [-0.4, -0.2) is 135 Å². The molecule has 378 valence electrons. The molecule has 0 radical (unpaired) electrons. The summed E-state index contributed by atoms with van der Waals surface area (Å²) in [7, 11) is -41.3. The van der Waals surface area contributed by atoms with Crippen molar-refractivity contribution in [3.8, 4) is 17.2 Å². The Hall–Kier alpha value is -5.64. The second-order valence-electron chi connectivity index (χ2n) is 12.6. The third-order valence-corrected chi connectivity index (χ3v) is 15.7. The van der Waals surface area contributed by atoms with E-state index in [1.165, 1.54) is 0 Å². The molecule has 0 unspecified atom stereocenters. The van der Waals surface area contributed by atoms with E-state index < -0.39 is 186 Å². The van der Waals surface area contributed by atoms with Gasteiger partial charge in [0.05, 0.1) is 39.4 Å². The van der Waals surface area contributed by atoms with Gasteiger partial charge < -0.3 is 15.3 Å². The zero-order valence-electron chi connectivity index (χ0n) is 32.8. The Kier molecular flexibility index (Phi) is 16.2. The molecule has 0 aliphatic rings. The molecule has 41 heteroatoms. The molecule has 0 atom stereocenters. The third-order valence-electron chi connectivity index (χ3n) is 7.93. The Bertz CT molecular complexity index is 3600. The van der Waals surface area contributed by atoms with Crippen LogP contribution < -0.4 is 0 Å². The predicted octanol–water partition coefficient (Wildman–Crippen LogP) is 2.22. The van der Waals surface area contributed by atoms with Crippen molar-refractivity contribution >= 4 is 115 Å². The van der Waals surface area contributed by atoms with Crippen LogP contribution in [0.25, 0.3) is 0 Å². The lowest BCUT2D eigenvalue weighted by atomic mass is 10.2. The average Bonchev–Trinajstić information content (AvgIpc) is 3.18. The number of hydrogen-bond acceptors (Lipinski definition) is 27. The van der Waals surface area contributed by atoms with Crippen LogP contribution in [0.5, 0.6) is 17.2 Å². The maximum Gasteiger partial charge on any atom is 0.397 e. The van der Waals surface area contributed by atoms with Crippen LogP contribution in [0, 0.1) is 0 Å². The van der Waals surface area contributed by atoms with E-state index in [0.717, 1.165) is 0 Å². The largest absolute Gasteiger partial charge is 0.504 e. The van der Waals surface area contributed by atoms with E-state index in [4.69, 9.17) is 9.11 Å². The first-order valence-electron chi connectivity index (χ1n) is 16.8. The van der Waals surface area contributed by atoms with Gasteiger partial charge in [0.2, 0.25) is 0 Å². The molecule has 0 amide bonds. The molecule has 0 spiro atoms. The number of azo groups is 3. The van der Waals surface area contributed by atoms with Crippen LogP contribution in [0.3, 0.4) is 0 Å². The van der Waals surface area contributed by atoms with Gasteiger partial charge in [0.1, 0.15) is 31.7 Å². The average molecular weight is 1140 g/mol. The fraction of sp³-hybridized carbons (Fsp3) is 0.143. The summed E-state index contributed by atoms with van der Waals surface area (Å²) in [6.07, 6.45) is 0. The minimum Gasteiger partial charge on any atom is -0.504 e. The van der Waals surface area contributed by atoms with Gasteiger partial charge in [-0.3, -0.25) is 27.3 Å². The van der Waals surface area contributed by atoms with Crippen molar-refractivity contribution in [3.63, 3.8) is 0 Å². The molecule has 4 aromatic rings. The molecule has 0 aliphatic carbocycles. The molecular formula is C28H26N6O27S8. The lowest BCUT2D eigenvalue weighted by Crippen LogP contribution is -2.16. The van der Waals surface area contributed by atoms with Crippen LogP contribution >= 0.6 is 0 Å². The summed E-state index contributed by atoms with van der Waals surface area (Å²) in [6, 6.07) is 3.82. The van der Waals surface area contributed by atoms with E-state index in [9.17, 15) is 101 Å². The minimum absolute atomic E-state index is 0.242. The highest BCUT2D eigenvalue weighted by Crippen LogP contribution is 2.57. The molecule has 4 aromatic carbocycles. The minimum atomic E-state index is -5.55. The number of phenolic OH excluding ortho intramolecular Hbond substituents is 3. The Labute approximate surface area is 387 Å². The first-order valence-corrected chi connectivity index (χ1v) is 28.6. The predicted molar refractivity (Wildman–Crippen MR) is 222 cm³/mol. The molecule has 69 heavy (non-hydrogen) atoms. The van der Waals surface area contributed by atoms with Gasteiger partial charge >= 0.3 is 20.8 Å². The monoisotopic (exact) mass is 1130 g/mol. The van der Waals surface area contributed by atoms with E-state index in [-0.39, 0.29) is 18.2 Å². The lowest BCUT2D eigenvalue weighted by molar-refractivity contribution is 0.282. The quantitative estimate of drug-likeness (QED) is 0.0452. The first kappa shape index (κ1) is 56.0. The molecule has 0 aromatic heterocycles. The van der Waals surface area contributed by atoms with E-state index >= 15 is 0 Å². The Morgan fingerprint density at radius 3 is 0.986 bits per heavy atom. The summed E-state index contributed by atoms with van der Waals surface area (Å²) in [5.41, 5.74) is -7.59. The maximum atomic E-state index is 12.8. The number of aromatic hydroxyl groups is 3. The van der Waals surface area contributed by atoms with Crippen LogP contribution in [0.2, 0.25) is 0 Å². The van der Waals surface area contributed by atoms with Crippen LogP contribution in [0.4, 0.5) is 34.1 Å². The molecule has 0 bridgehead atoms. The molecule has 0 saturated heterocycles. The smallest absolute Gasteiger partial charge is 0.397 e. The highest BCUT2D eigenvalue weighted by Gasteiger charge is 2.29. The molecule has 9 N–H and O–H groups in total. The molecule has 0 fully saturated rings.